The van der Waals surface area contributed by atoms with Crippen molar-refractivity contribution in [3.8, 4) is 0 Å². The second kappa shape index (κ2) is 4.76. The van der Waals surface area contributed by atoms with E-state index in [0.29, 0.717) is 0 Å². The van der Waals surface area contributed by atoms with Gasteiger partial charge in [-0.15, -0.1) is 0 Å². The third kappa shape index (κ3) is 4.05. The van der Waals surface area contributed by atoms with Crippen LogP contribution in [0, 0.1) is 0 Å². The number of nitrogens with one attached hydrogen (secondary N) is 1. The molecule has 9 heteroatoms. The molecule has 0 aliphatic heterocycles. The molecule has 92 valence electrons. The Balaban J connectivity index is 2.67. The van der Waals surface area contributed by atoms with Gasteiger partial charge in [0.2, 0.25) is 0 Å². The molecule has 0 spiro atoms. The number of carboxylic acid groups (broad SMARTS) is 1. The lowest BCUT2D eigenvalue weighted by Crippen LogP contribution is -2.34. The van der Waals surface area contributed by atoms with Gasteiger partial charge in [-0.2, -0.15) is 13.2 Å². The minimum Gasteiger partial charge on any atom is -0.476 e. The SMILES string of the molecule is O=C(O)c1cnc(C(=O)NCC(F)(F)F)cn1. The van der Waals surface area contributed by atoms with Crippen molar-refractivity contribution in [3.05, 3.63) is 23.8 Å². The van der Waals surface area contributed by atoms with E-state index in [-0.39, 0.29) is 5.69 Å². The van der Waals surface area contributed by atoms with Crippen molar-refractivity contribution >= 4 is 11.9 Å². The first kappa shape index (κ1) is 12.9. The van der Waals surface area contributed by atoms with Gasteiger partial charge in [0.25, 0.3) is 5.91 Å². The highest BCUT2D eigenvalue weighted by Crippen LogP contribution is 2.12. The van der Waals surface area contributed by atoms with Crippen LogP contribution in [-0.2, 0) is 0 Å². The van der Waals surface area contributed by atoms with E-state index in [1.54, 1.807) is 5.32 Å². The number of halogens is 3. The zero-order valence-electron chi connectivity index (χ0n) is 8.15. The molecule has 0 aliphatic carbocycles. The van der Waals surface area contributed by atoms with Gasteiger partial charge in [-0.3, -0.25) is 4.79 Å². The number of hydrogen-bond donors (Lipinski definition) is 2. The number of aromatic carboxylic acids is 1. The molecule has 1 rings (SSSR count). The summed E-state index contributed by atoms with van der Waals surface area (Å²) in [6.45, 7) is -1.49. The molecular formula is C8H6F3N3O3. The summed E-state index contributed by atoms with van der Waals surface area (Å²) in [7, 11) is 0. The zero-order chi connectivity index (χ0) is 13.1. The Morgan fingerprint density at radius 3 is 2.18 bits per heavy atom. The summed E-state index contributed by atoms with van der Waals surface area (Å²) in [4.78, 5) is 28.2. The molecule has 0 aromatic carbocycles. The molecule has 1 amide bonds. The Morgan fingerprint density at radius 2 is 1.76 bits per heavy atom. The average molecular weight is 249 g/mol. The molecule has 0 atom stereocenters. The molecular weight excluding hydrogens is 243 g/mol. The van der Waals surface area contributed by atoms with Gasteiger partial charge in [0.15, 0.2) is 5.69 Å². The third-order valence-electron chi connectivity index (χ3n) is 1.55. The highest BCUT2D eigenvalue weighted by atomic mass is 19.4. The maximum Gasteiger partial charge on any atom is 0.405 e. The van der Waals surface area contributed by atoms with Crippen molar-refractivity contribution in [1.82, 2.24) is 15.3 Å². The summed E-state index contributed by atoms with van der Waals surface area (Å²) in [6, 6.07) is 0. The first-order chi connectivity index (χ1) is 7.79. The lowest BCUT2D eigenvalue weighted by atomic mass is 10.4. The van der Waals surface area contributed by atoms with E-state index in [0.717, 1.165) is 12.4 Å². The Morgan fingerprint density at radius 1 is 1.24 bits per heavy atom. The van der Waals surface area contributed by atoms with Crippen LogP contribution in [0.4, 0.5) is 13.2 Å². The predicted octanol–water partition coefficient (Wildman–Crippen LogP) is 0.467. The normalized spacial score (nSPS) is 11.0. The Kier molecular flexibility index (Phi) is 3.61. The van der Waals surface area contributed by atoms with E-state index < -0.39 is 30.3 Å². The van der Waals surface area contributed by atoms with E-state index in [1.165, 1.54) is 0 Å². The number of carbonyl (C=O) groups excluding carboxylic acids is 1. The fourth-order valence-corrected chi connectivity index (χ4v) is 0.827. The zero-order valence-corrected chi connectivity index (χ0v) is 8.15. The molecule has 0 aliphatic rings. The number of nitrogens with zero attached hydrogens (tertiary/aromatic N) is 2. The van der Waals surface area contributed by atoms with Crippen LogP contribution < -0.4 is 5.32 Å². The maximum absolute atomic E-state index is 11.8. The fraction of sp³-hybridized carbons (Fsp3) is 0.250. The van der Waals surface area contributed by atoms with Crippen LogP contribution in [0.2, 0.25) is 0 Å². The summed E-state index contributed by atoms with van der Waals surface area (Å²) < 4.78 is 35.3. The first-order valence-electron chi connectivity index (χ1n) is 4.20. The molecule has 1 heterocycles. The van der Waals surface area contributed by atoms with Gasteiger partial charge in [-0.1, -0.05) is 0 Å². The van der Waals surface area contributed by atoms with E-state index in [1.807, 2.05) is 0 Å². The van der Waals surface area contributed by atoms with Gasteiger partial charge in [0.1, 0.15) is 12.2 Å². The molecule has 2 N–H and O–H groups in total. The van der Waals surface area contributed by atoms with Crippen LogP contribution in [0.3, 0.4) is 0 Å². The molecule has 1 aromatic rings. The summed E-state index contributed by atoms with van der Waals surface area (Å²) in [6.07, 6.45) is -2.95. The predicted molar refractivity (Wildman–Crippen MR) is 47.4 cm³/mol. The van der Waals surface area contributed by atoms with Crippen LogP contribution in [-0.4, -0.2) is 39.7 Å². The second-order valence-electron chi connectivity index (χ2n) is 2.89. The van der Waals surface area contributed by atoms with Crippen molar-refractivity contribution in [2.45, 2.75) is 6.18 Å². The van der Waals surface area contributed by atoms with Crippen molar-refractivity contribution < 1.29 is 27.9 Å². The first-order valence-corrected chi connectivity index (χ1v) is 4.20. The Labute approximate surface area is 92.5 Å². The molecule has 0 radical (unpaired) electrons. The summed E-state index contributed by atoms with van der Waals surface area (Å²) in [5, 5.41) is 10.0. The number of carbonyl (C=O) groups is 2. The molecule has 0 unspecified atom stereocenters. The third-order valence-corrected chi connectivity index (χ3v) is 1.55. The number of hydrogen-bond acceptors (Lipinski definition) is 4. The molecule has 0 fully saturated rings. The number of alkyl halides is 3. The van der Waals surface area contributed by atoms with E-state index in [2.05, 4.69) is 9.97 Å². The molecule has 17 heavy (non-hydrogen) atoms. The average Bonchev–Trinajstić information content (AvgIpc) is 2.25. The van der Waals surface area contributed by atoms with Gasteiger partial charge in [0.05, 0.1) is 12.4 Å². The van der Waals surface area contributed by atoms with Crippen LogP contribution in [0.5, 0.6) is 0 Å². The smallest absolute Gasteiger partial charge is 0.405 e. The minimum atomic E-state index is -4.52. The number of rotatable bonds is 3. The molecule has 0 saturated heterocycles. The number of aromatic nitrogens is 2. The van der Waals surface area contributed by atoms with Crippen LogP contribution >= 0.6 is 0 Å². The van der Waals surface area contributed by atoms with Crippen molar-refractivity contribution in [2.75, 3.05) is 6.54 Å². The monoisotopic (exact) mass is 249 g/mol. The topological polar surface area (TPSA) is 92.2 Å². The number of carboxylic acids is 1. The highest BCUT2D eigenvalue weighted by molar-refractivity contribution is 5.92. The Hall–Kier alpha value is -2.19. The molecule has 1 aromatic heterocycles. The highest BCUT2D eigenvalue weighted by Gasteiger charge is 2.28. The molecule has 0 saturated carbocycles. The van der Waals surface area contributed by atoms with Gasteiger partial charge in [-0.05, 0) is 0 Å². The standard InChI is InChI=1S/C8H6F3N3O3/c9-8(10,11)3-14-6(15)4-1-13-5(2-12-4)7(16)17/h1-2H,3H2,(H,14,15)(H,16,17). The van der Waals surface area contributed by atoms with Crippen molar-refractivity contribution in [2.24, 2.45) is 0 Å². The summed E-state index contributed by atoms with van der Waals surface area (Å²) in [5.41, 5.74) is -0.795. The van der Waals surface area contributed by atoms with Crippen LogP contribution in [0.1, 0.15) is 21.0 Å². The molecule has 6 nitrogen and oxygen atoms in total. The lowest BCUT2D eigenvalue weighted by molar-refractivity contribution is -0.123. The lowest BCUT2D eigenvalue weighted by Gasteiger charge is -2.07. The maximum atomic E-state index is 11.8. The number of amides is 1. The van der Waals surface area contributed by atoms with E-state index in [4.69, 9.17) is 5.11 Å². The fourth-order valence-electron chi connectivity index (χ4n) is 0.827. The van der Waals surface area contributed by atoms with E-state index >= 15 is 0 Å². The molecule has 0 bridgehead atoms. The minimum absolute atomic E-state index is 0.390. The second-order valence-corrected chi connectivity index (χ2v) is 2.89. The van der Waals surface area contributed by atoms with Crippen molar-refractivity contribution in [1.29, 1.82) is 0 Å². The Bertz CT molecular complexity index is 430. The van der Waals surface area contributed by atoms with Crippen molar-refractivity contribution in [3.63, 3.8) is 0 Å². The van der Waals surface area contributed by atoms with Crippen LogP contribution in [0.15, 0.2) is 12.4 Å². The van der Waals surface area contributed by atoms with Gasteiger partial charge in [0, 0.05) is 0 Å². The quantitative estimate of drug-likeness (QED) is 0.812. The van der Waals surface area contributed by atoms with Gasteiger partial charge >= 0.3 is 12.1 Å². The van der Waals surface area contributed by atoms with Gasteiger partial charge < -0.3 is 10.4 Å². The van der Waals surface area contributed by atoms with E-state index in [9.17, 15) is 22.8 Å². The van der Waals surface area contributed by atoms with Crippen LogP contribution in [0.25, 0.3) is 0 Å². The van der Waals surface area contributed by atoms with Gasteiger partial charge in [-0.25, -0.2) is 14.8 Å². The largest absolute Gasteiger partial charge is 0.476 e. The summed E-state index contributed by atoms with van der Waals surface area (Å²) in [5.74, 6) is -2.42. The summed E-state index contributed by atoms with van der Waals surface area (Å²) >= 11 is 0.